The molecule has 4 nitrogen and oxygen atoms in total. The van der Waals surface area contributed by atoms with Crippen LogP contribution in [0.25, 0.3) is 11.4 Å². The minimum Gasteiger partial charge on any atom is -0.423 e. The largest absolute Gasteiger partial charge is 0.423 e. The summed E-state index contributed by atoms with van der Waals surface area (Å²) in [5.41, 5.74) is 2.42. The van der Waals surface area contributed by atoms with Crippen LogP contribution in [0.1, 0.15) is 70.3 Å². The molecule has 1 aromatic carbocycles. The highest BCUT2D eigenvalue weighted by Crippen LogP contribution is 2.37. The molecule has 1 aromatic heterocycles. The van der Waals surface area contributed by atoms with Gasteiger partial charge in [-0.25, -0.2) is 9.97 Å². The maximum atomic E-state index is 11.3. The van der Waals surface area contributed by atoms with Crippen molar-refractivity contribution >= 4 is 5.97 Å². The second-order valence-corrected chi connectivity index (χ2v) is 7.20. The zero-order valence-corrected chi connectivity index (χ0v) is 15.8. The number of benzene rings is 1. The lowest BCUT2D eigenvalue weighted by Crippen LogP contribution is -2.13. The molecular formula is C22H28N2O2. The van der Waals surface area contributed by atoms with E-state index in [0.29, 0.717) is 23.9 Å². The van der Waals surface area contributed by atoms with Crippen molar-refractivity contribution in [3.05, 3.63) is 42.2 Å². The Kier molecular flexibility index (Phi) is 6.37. The van der Waals surface area contributed by atoms with Crippen molar-refractivity contribution in [3.63, 3.8) is 0 Å². The van der Waals surface area contributed by atoms with Crippen molar-refractivity contribution in [1.82, 2.24) is 9.97 Å². The van der Waals surface area contributed by atoms with Crippen molar-refractivity contribution in [2.75, 3.05) is 0 Å². The molecular weight excluding hydrogens is 324 g/mol. The van der Waals surface area contributed by atoms with Crippen molar-refractivity contribution in [3.8, 4) is 17.1 Å². The first-order chi connectivity index (χ1) is 12.7. The predicted octanol–water partition coefficient (Wildman–Crippen LogP) is 5.53. The molecule has 0 bridgehead atoms. The van der Waals surface area contributed by atoms with Crippen LogP contribution in [0.2, 0.25) is 0 Å². The second-order valence-electron chi connectivity index (χ2n) is 7.20. The van der Waals surface area contributed by atoms with Crippen molar-refractivity contribution < 1.29 is 9.53 Å². The summed E-state index contributed by atoms with van der Waals surface area (Å²) in [6, 6.07) is 8.63. The van der Waals surface area contributed by atoms with E-state index in [1.54, 1.807) is 19.3 Å². The summed E-state index contributed by atoms with van der Waals surface area (Å²) in [6.07, 6.45) is 11.5. The van der Waals surface area contributed by atoms with Crippen LogP contribution in [-0.2, 0) is 4.79 Å². The van der Waals surface area contributed by atoms with Crippen LogP contribution >= 0.6 is 0 Å². The van der Waals surface area contributed by atoms with Crippen molar-refractivity contribution in [1.29, 1.82) is 0 Å². The normalized spacial score (nSPS) is 19.9. The molecule has 0 amide bonds. The third-order valence-electron chi connectivity index (χ3n) is 5.33. The average Bonchev–Trinajstić information content (AvgIpc) is 2.69. The van der Waals surface area contributed by atoms with Crippen LogP contribution in [0, 0.1) is 5.92 Å². The van der Waals surface area contributed by atoms with Crippen molar-refractivity contribution in [2.24, 2.45) is 5.92 Å². The SMILES string of the molecule is CCC[C@H]1CC[C@H](c2ccc(-c3ncc(OC(=O)CC)cn3)cc2)CC1. The van der Waals surface area contributed by atoms with E-state index in [9.17, 15) is 4.79 Å². The molecule has 1 saturated carbocycles. The van der Waals surface area contributed by atoms with Gasteiger partial charge in [0, 0.05) is 12.0 Å². The van der Waals surface area contributed by atoms with Gasteiger partial charge in [-0.1, -0.05) is 51.0 Å². The Morgan fingerprint density at radius 3 is 2.27 bits per heavy atom. The Morgan fingerprint density at radius 2 is 1.69 bits per heavy atom. The van der Waals surface area contributed by atoms with Gasteiger partial charge in [-0.15, -0.1) is 0 Å². The van der Waals surface area contributed by atoms with Gasteiger partial charge in [0.25, 0.3) is 0 Å². The third kappa shape index (κ3) is 4.69. The van der Waals surface area contributed by atoms with E-state index in [4.69, 9.17) is 4.74 Å². The molecule has 138 valence electrons. The quantitative estimate of drug-likeness (QED) is 0.641. The zero-order valence-electron chi connectivity index (χ0n) is 15.8. The average molecular weight is 352 g/mol. The van der Waals surface area contributed by atoms with E-state index >= 15 is 0 Å². The molecule has 0 saturated heterocycles. The molecule has 0 spiro atoms. The molecule has 26 heavy (non-hydrogen) atoms. The third-order valence-corrected chi connectivity index (χ3v) is 5.33. The summed E-state index contributed by atoms with van der Waals surface area (Å²) >= 11 is 0. The van der Waals surface area contributed by atoms with Gasteiger partial charge in [-0.3, -0.25) is 4.79 Å². The molecule has 1 heterocycles. The molecule has 0 N–H and O–H groups in total. The second kappa shape index (κ2) is 8.93. The highest BCUT2D eigenvalue weighted by Gasteiger charge is 2.21. The lowest BCUT2D eigenvalue weighted by molar-refractivity contribution is -0.134. The molecule has 0 radical (unpaired) electrons. The van der Waals surface area contributed by atoms with E-state index in [1.165, 1.54) is 44.1 Å². The Labute approximate surface area is 156 Å². The van der Waals surface area contributed by atoms with Crippen LogP contribution in [0.5, 0.6) is 5.75 Å². The molecule has 1 aliphatic rings. The summed E-state index contributed by atoms with van der Waals surface area (Å²) in [7, 11) is 0. The van der Waals surface area contributed by atoms with Gasteiger partial charge in [0.1, 0.15) is 0 Å². The van der Waals surface area contributed by atoms with Gasteiger partial charge >= 0.3 is 5.97 Å². The van der Waals surface area contributed by atoms with Gasteiger partial charge in [0.2, 0.25) is 0 Å². The van der Waals surface area contributed by atoms with Crippen LogP contribution in [0.15, 0.2) is 36.7 Å². The number of nitrogens with zero attached hydrogens (tertiary/aromatic N) is 2. The number of hydrogen-bond donors (Lipinski definition) is 0. The Hall–Kier alpha value is -2.23. The summed E-state index contributed by atoms with van der Waals surface area (Å²) in [6.45, 7) is 4.04. The van der Waals surface area contributed by atoms with Crippen molar-refractivity contribution in [2.45, 2.75) is 64.7 Å². The van der Waals surface area contributed by atoms with E-state index in [0.717, 1.165) is 11.5 Å². The van der Waals surface area contributed by atoms with Gasteiger partial charge in [0.15, 0.2) is 11.6 Å². The maximum Gasteiger partial charge on any atom is 0.311 e. The molecule has 3 rings (SSSR count). The summed E-state index contributed by atoms with van der Waals surface area (Å²) in [5, 5.41) is 0. The Morgan fingerprint density at radius 1 is 1.04 bits per heavy atom. The summed E-state index contributed by atoms with van der Waals surface area (Å²) in [5.74, 6) is 2.39. The molecule has 0 aliphatic heterocycles. The molecule has 2 aromatic rings. The fourth-order valence-electron chi connectivity index (χ4n) is 3.82. The Bertz CT molecular complexity index is 702. The van der Waals surface area contributed by atoms with E-state index < -0.39 is 0 Å². The van der Waals surface area contributed by atoms with Gasteiger partial charge in [0.05, 0.1) is 12.4 Å². The van der Waals surface area contributed by atoms with Crippen LogP contribution in [-0.4, -0.2) is 15.9 Å². The standard InChI is InChI=1S/C22H28N2O2/c1-3-5-16-6-8-17(9-7-16)18-10-12-19(13-11-18)22-23-14-20(15-24-22)26-21(25)4-2/h10-17H,3-9H2,1-2H3/t16-,17-. The maximum absolute atomic E-state index is 11.3. The molecule has 0 atom stereocenters. The monoisotopic (exact) mass is 352 g/mol. The number of aromatic nitrogens is 2. The topological polar surface area (TPSA) is 52.1 Å². The number of carbonyl (C=O) groups excluding carboxylic acids is 1. The smallest absolute Gasteiger partial charge is 0.311 e. The number of hydrogen-bond acceptors (Lipinski definition) is 4. The highest BCUT2D eigenvalue weighted by molar-refractivity contribution is 5.71. The van der Waals surface area contributed by atoms with E-state index in [1.807, 2.05) is 0 Å². The molecule has 0 unspecified atom stereocenters. The molecule has 1 aliphatic carbocycles. The number of rotatable bonds is 6. The minimum absolute atomic E-state index is 0.278. The van der Waals surface area contributed by atoms with Crippen LogP contribution in [0.3, 0.4) is 0 Å². The van der Waals surface area contributed by atoms with Crippen LogP contribution in [0.4, 0.5) is 0 Å². The highest BCUT2D eigenvalue weighted by atomic mass is 16.5. The Balaban J connectivity index is 1.62. The fraction of sp³-hybridized carbons (Fsp3) is 0.500. The lowest BCUT2D eigenvalue weighted by Gasteiger charge is -2.28. The van der Waals surface area contributed by atoms with Gasteiger partial charge in [-0.2, -0.15) is 0 Å². The first kappa shape index (κ1) is 18.6. The van der Waals surface area contributed by atoms with Gasteiger partial charge < -0.3 is 4.74 Å². The molecule has 1 fully saturated rings. The first-order valence-electron chi connectivity index (χ1n) is 9.82. The first-order valence-corrected chi connectivity index (χ1v) is 9.82. The number of carbonyl (C=O) groups is 1. The van der Waals surface area contributed by atoms with Gasteiger partial charge in [-0.05, 0) is 43.1 Å². The number of ether oxygens (including phenoxy) is 1. The summed E-state index contributed by atoms with van der Waals surface area (Å²) in [4.78, 5) is 19.9. The lowest BCUT2D eigenvalue weighted by atomic mass is 9.77. The van der Waals surface area contributed by atoms with E-state index in [-0.39, 0.29) is 5.97 Å². The zero-order chi connectivity index (χ0) is 18.4. The predicted molar refractivity (Wildman–Crippen MR) is 103 cm³/mol. The summed E-state index contributed by atoms with van der Waals surface area (Å²) < 4.78 is 5.11. The van der Waals surface area contributed by atoms with Crippen LogP contribution < -0.4 is 4.74 Å². The molecule has 4 heteroatoms. The van der Waals surface area contributed by atoms with E-state index in [2.05, 4.69) is 41.2 Å². The number of esters is 1. The fourth-order valence-corrected chi connectivity index (χ4v) is 3.82. The minimum atomic E-state index is -0.278.